The predicted molar refractivity (Wildman–Crippen MR) is 104 cm³/mol. The minimum atomic E-state index is -5.90. The molecule has 0 N–H and O–H groups in total. The third-order valence-electron chi connectivity index (χ3n) is 4.03. The number of hydrogen-bond acceptors (Lipinski definition) is 6. The van der Waals surface area contributed by atoms with E-state index in [0.29, 0.717) is 16.5 Å². The number of halogens is 4. The van der Waals surface area contributed by atoms with Gasteiger partial charge in [0.25, 0.3) is 0 Å². The van der Waals surface area contributed by atoms with Crippen LogP contribution < -0.4 is 4.18 Å². The molecular formula is C20H13F4NO5S. The van der Waals surface area contributed by atoms with E-state index in [0.717, 1.165) is 18.2 Å². The summed E-state index contributed by atoms with van der Waals surface area (Å²) in [6, 6.07) is 10.3. The minimum absolute atomic E-state index is 0.0534. The average Bonchev–Trinajstić information content (AvgIpc) is 2.71. The van der Waals surface area contributed by atoms with Crippen LogP contribution in [-0.2, 0) is 19.6 Å². The van der Waals surface area contributed by atoms with Gasteiger partial charge in [-0.2, -0.15) is 21.6 Å². The zero-order chi connectivity index (χ0) is 22.8. The summed E-state index contributed by atoms with van der Waals surface area (Å²) in [4.78, 5) is 15.4. The highest BCUT2D eigenvalue weighted by atomic mass is 32.2. The Labute approximate surface area is 173 Å². The van der Waals surface area contributed by atoms with Crippen LogP contribution in [0.15, 0.2) is 54.6 Å². The molecule has 2 aromatic carbocycles. The molecule has 0 amide bonds. The molecule has 1 heterocycles. The Kier molecular flexibility index (Phi) is 5.98. The normalized spacial score (nSPS) is 12.3. The van der Waals surface area contributed by atoms with Crippen molar-refractivity contribution in [3.63, 3.8) is 0 Å². The van der Waals surface area contributed by atoms with E-state index < -0.39 is 33.2 Å². The number of carbonyl (C=O) groups excluding carboxylic acids is 1. The predicted octanol–water partition coefficient (Wildman–Crippen LogP) is 4.46. The Morgan fingerprint density at radius 2 is 1.81 bits per heavy atom. The Hall–Kier alpha value is -3.47. The van der Waals surface area contributed by atoms with Crippen molar-refractivity contribution in [3.8, 4) is 17.0 Å². The highest BCUT2D eigenvalue weighted by molar-refractivity contribution is 7.88. The van der Waals surface area contributed by atoms with E-state index in [-0.39, 0.29) is 11.3 Å². The lowest BCUT2D eigenvalue weighted by atomic mass is 10.1. The van der Waals surface area contributed by atoms with E-state index >= 15 is 0 Å². The van der Waals surface area contributed by atoms with Crippen molar-refractivity contribution in [1.29, 1.82) is 0 Å². The van der Waals surface area contributed by atoms with Gasteiger partial charge < -0.3 is 8.92 Å². The van der Waals surface area contributed by atoms with Crippen LogP contribution in [0, 0.1) is 5.82 Å². The number of methoxy groups -OCH3 is 1. The maximum absolute atomic E-state index is 14.3. The number of nitrogens with zero attached hydrogens (tertiary/aromatic N) is 1. The molecule has 0 saturated heterocycles. The average molecular weight is 455 g/mol. The summed E-state index contributed by atoms with van der Waals surface area (Å²) < 4.78 is 82.8. The first kappa shape index (κ1) is 22.2. The van der Waals surface area contributed by atoms with Gasteiger partial charge >= 0.3 is 21.6 Å². The highest BCUT2D eigenvalue weighted by Crippen LogP contribution is 2.31. The molecule has 3 rings (SSSR count). The number of aromatic nitrogens is 1. The molecule has 0 aliphatic carbocycles. The zero-order valence-corrected chi connectivity index (χ0v) is 16.5. The quantitative estimate of drug-likeness (QED) is 0.186. The topological polar surface area (TPSA) is 82.6 Å². The van der Waals surface area contributed by atoms with Crippen LogP contribution in [-0.4, -0.2) is 32.0 Å². The van der Waals surface area contributed by atoms with Gasteiger partial charge in [-0.1, -0.05) is 12.1 Å². The first-order valence-corrected chi connectivity index (χ1v) is 9.88. The fourth-order valence-corrected chi connectivity index (χ4v) is 3.01. The third-order valence-corrected chi connectivity index (χ3v) is 5.01. The van der Waals surface area contributed by atoms with Crippen molar-refractivity contribution in [3.05, 3.63) is 66.0 Å². The monoisotopic (exact) mass is 455 g/mol. The van der Waals surface area contributed by atoms with Crippen molar-refractivity contribution >= 4 is 33.1 Å². The molecule has 31 heavy (non-hydrogen) atoms. The molecular weight excluding hydrogens is 442 g/mol. The van der Waals surface area contributed by atoms with Crippen LogP contribution in [0.5, 0.6) is 5.75 Å². The Morgan fingerprint density at radius 1 is 1.06 bits per heavy atom. The van der Waals surface area contributed by atoms with Gasteiger partial charge in [-0.3, -0.25) is 0 Å². The van der Waals surface area contributed by atoms with E-state index in [1.54, 1.807) is 24.3 Å². The van der Waals surface area contributed by atoms with E-state index in [9.17, 15) is 30.8 Å². The van der Waals surface area contributed by atoms with Crippen molar-refractivity contribution in [2.24, 2.45) is 0 Å². The van der Waals surface area contributed by atoms with Crippen molar-refractivity contribution < 1.29 is 39.7 Å². The minimum Gasteiger partial charge on any atom is -0.466 e. The summed E-state index contributed by atoms with van der Waals surface area (Å²) in [5.41, 5.74) is -4.71. The molecule has 6 nitrogen and oxygen atoms in total. The maximum atomic E-state index is 14.3. The van der Waals surface area contributed by atoms with Gasteiger partial charge in [0, 0.05) is 17.0 Å². The summed E-state index contributed by atoms with van der Waals surface area (Å²) >= 11 is 0. The fourth-order valence-electron chi connectivity index (χ4n) is 2.56. The smallest absolute Gasteiger partial charge is 0.466 e. The summed E-state index contributed by atoms with van der Waals surface area (Å²) in [6.07, 6.45) is 2.76. The largest absolute Gasteiger partial charge is 0.534 e. The molecule has 0 unspecified atom stereocenters. The molecule has 0 aliphatic heterocycles. The van der Waals surface area contributed by atoms with Gasteiger partial charge in [0.1, 0.15) is 11.6 Å². The number of pyridine rings is 1. The second-order valence-corrected chi connectivity index (χ2v) is 7.67. The van der Waals surface area contributed by atoms with Crippen LogP contribution in [0.1, 0.15) is 5.56 Å². The SMILES string of the molecule is COC(=O)/C=C/c1ccc2nc(-c3cc(OS(=O)(=O)C(F)(F)F)ccc3F)ccc2c1. The van der Waals surface area contributed by atoms with Crippen LogP contribution >= 0.6 is 0 Å². The Bertz CT molecular complexity index is 1290. The highest BCUT2D eigenvalue weighted by Gasteiger charge is 2.48. The summed E-state index contributed by atoms with van der Waals surface area (Å²) in [5, 5.41) is 0.642. The van der Waals surface area contributed by atoms with Gasteiger partial charge in [-0.25, -0.2) is 14.2 Å². The summed E-state index contributed by atoms with van der Waals surface area (Å²) in [6.45, 7) is 0. The first-order chi connectivity index (χ1) is 14.5. The second kappa shape index (κ2) is 8.34. The van der Waals surface area contributed by atoms with Crippen molar-refractivity contribution in [2.75, 3.05) is 7.11 Å². The van der Waals surface area contributed by atoms with Gasteiger partial charge in [-0.05, 0) is 48.0 Å². The van der Waals surface area contributed by atoms with E-state index in [2.05, 4.69) is 13.9 Å². The maximum Gasteiger partial charge on any atom is 0.534 e. The number of esters is 1. The molecule has 0 spiro atoms. The number of rotatable bonds is 5. The van der Waals surface area contributed by atoms with Gasteiger partial charge in [0.05, 0.1) is 18.3 Å². The van der Waals surface area contributed by atoms with Crippen LogP contribution in [0.25, 0.3) is 28.2 Å². The molecule has 3 aromatic rings. The summed E-state index contributed by atoms with van der Waals surface area (Å²) in [5.74, 6) is -2.07. The van der Waals surface area contributed by atoms with Crippen LogP contribution in [0.3, 0.4) is 0 Å². The number of fused-ring (bicyclic) bond motifs is 1. The van der Waals surface area contributed by atoms with Crippen molar-refractivity contribution in [2.45, 2.75) is 5.51 Å². The van der Waals surface area contributed by atoms with E-state index in [1.165, 1.54) is 25.3 Å². The van der Waals surface area contributed by atoms with E-state index in [4.69, 9.17) is 0 Å². The Balaban J connectivity index is 1.96. The molecule has 0 fully saturated rings. The van der Waals surface area contributed by atoms with Gasteiger partial charge in [0.2, 0.25) is 0 Å². The van der Waals surface area contributed by atoms with Crippen LogP contribution in [0.2, 0.25) is 0 Å². The van der Waals surface area contributed by atoms with Crippen LogP contribution in [0.4, 0.5) is 17.6 Å². The van der Waals surface area contributed by atoms with Gasteiger partial charge in [0.15, 0.2) is 0 Å². The summed E-state index contributed by atoms with van der Waals surface area (Å²) in [7, 11) is -4.65. The second-order valence-electron chi connectivity index (χ2n) is 6.13. The number of hydrogen-bond donors (Lipinski definition) is 0. The number of benzene rings is 2. The molecule has 11 heteroatoms. The molecule has 0 aliphatic rings. The molecule has 0 bridgehead atoms. The number of ether oxygens (including phenoxy) is 1. The molecule has 0 radical (unpaired) electrons. The van der Waals surface area contributed by atoms with Gasteiger partial charge in [-0.15, -0.1) is 0 Å². The standard InChI is InChI=1S/C20H13F4NO5S/c1-29-19(26)9-3-12-2-7-17-13(10-12)4-8-18(25-17)15-11-14(5-6-16(15)21)30-31(27,28)20(22,23)24/h2-11H,1H3/b9-3+. The van der Waals surface area contributed by atoms with Crippen molar-refractivity contribution in [1.82, 2.24) is 4.98 Å². The van der Waals surface area contributed by atoms with E-state index in [1.807, 2.05) is 0 Å². The fraction of sp³-hybridized carbons (Fsp3) is 0.100. The Morgan fingerprint density at radius 3 is 2.48 bits per heavy atom. The lowest BCUT2D eigenvalue weighted by Crippen LogP contribution is -2.28. The number of carbonyl (C=O) groups is 1. The molecule has 1 aromatic heterocycles. The third kappa shape index (κ3) is 5.00. The lowest BCUT2D eigenvalue weighted by molar-refractivity contribution is -0.134. The lowest BCUT2D eigenvalue weighted by Gasteiger charge is -2.11. The number of alkyl halides is 3. The molecule has 0 saturated carbocycles. The zero-order valence-electron chi connectivity index (χ0n) is 15.7. The molecule has 162 valence electrons. The molecule has 0 atom stereocenters. The first-order valence-electron chi connectivity index (χ1n) is 8.48.